The Morgan fingerprint density at radius 1 is 0.692 bits per heavy atom. The molecule has 0 atom stereocenters. The summed E-state index contributed by atoms with van der Waals surface area (Å²) in [4.78, 5) is 0. The second-order valence-electron chi connectivity index (χ2n) is 6.60. The maximum Gasteiger partial charge on any atom is 0.122 e. The van der Waals surface area contributed by atoms with Gasteiger partial charge < -0.3 is 14.8 Å². The summed E-state index contributed by atoms with van der Waals surface area (Å²) in [5.74, 6) is 1.77. The zero-order valence-corrected chi connectivity index (χ0v) is 16.1. The molecule has 1 N–H and O–H groups in total. The van der Waals surface area contributed by atoms with Gasteiger partial charge in [0.2, 0.25) is 0 Å². The van der Waals surface area contributed by atoms with Crippen molar-refractivity contribution < 1.29 is 9.47 Å². The van der Waals surface area contributed by atoms with Crippen LogP contribution >= 0.6 is 0 Å². The van der Waals surface area contributed by atoms with Crippen molar-refractivity contribution in [3.63, 3.8) is 0 Å². The van der Waals surface area contributed by atoms with E-state index in [1.54, 1.807) is 0 Å². The third kappa shape index (κ3) is 8.91. The van der Waals surface area contributed by atoms with Crippen LogP contribution in [0.15, 0.2) is 54.6 Å². The number of nitrogens with one attached hydrogen (secondary N) is 1. The Bertz CT molecular complexity index is 569. The molecule has 0 fully saturated rings. The Labute approximate surface area is 158 Å². The summed E-state index contributed by atoms with van der Waals surface area (Å²) >= 11 is 0. The smallest absolute Gasteiger partial charge is 0.122 e. The van der Waals surface area contributed by atoms with Crippen LogP contribution in [-0.4, -0.2) is 19.8 Å². The lowest BCUT2D eigenvalue weighted by Crippen LogP contribution is -2.14. The van der Waals surface area contributed by atoms with Gasteiger partial charge in [-0.05, 0) is 42.8 Å². The fraction of sp³-hybridized carbons (Fsp3) is 0.478. The van der Waals surface area contributed by atoms with Crippen LogP contribution in [0.1, 0.15) is 51.0 Å². The molecule has 0 aliphatic rings. The fourth-order valence-electron chi connectivity index (χ4n) is 2.80. The van der Waals surface area contributed by atoms with Gasteiger partial charge in [0.05, 0.1) is 0 Å². The molecule has 3 heteroatoms. The average Bonchev–Trinajstić information content (AvgIpc) is 2.69. The van der Waals surface area contributed by atoms with Crippen molar-refractivity contribution in [3.05, 3.63) is 60.2 Å². The summed E-state index contributed by atoms with van der Waals surface area (Å²) in [5.41, 5.74) is 1.30. The zero-order chi connectivity index (χ0) is 18.3. The van der Waals surface area contributed by atoms with Crippen molar-refractivity contribution in [1.82, 2.24) is 5.32 Å². The molecule has 142 valence electrons. The minimum atomic E-state index is 0.546. The Kier molecular flexibility index (Phi) is 10.3. The summed E-state index contributed by atoms with van der Waals surface area (Å²) in [6.45, 7) is 5.38. The molecular weight excluding hydrogens is 322 g/mol. The Morgan fingerprint density at radius 2 is 1.31 bits per heavy atom. The van der Waals surface area contributed by atoms with Gasteiger partial charge in [0.25, 0.3) is 0 Å². The van der Waals surface area contributed by atoms with Crippen LogP contribution in [0.2, 0.25) is 0 Å². The molecule has 3 nitrogen and oxygen atoms in total. The zero-order valence-electron chi connectivity index (χ0n) is 16.1. The predicted molar refractivity (Wildman–Crippen MR) is 109 cm³/mol. The molecule has 0 aliphatic heterocycles. The standard InChI is InChI=1S/C23H33NO2/c1-2-3-4-5-6-10-17-24-20-21-13-15-23(16-14-21)26-19-18-25-22-11-8-7-9-12-22/h7-9,11-16,24H,2-6,10,17-20H2,1H3. The molecule has 0 amide bonds. The van der Waals surface area contributed by atoms with Crippen LogP contribution in [0.3, 0.4) is 0 Å². The number of para-hydroxylation sites is 1. The molecule has 0 unspecified atom stereocenters. The summed E-state index contributed by atoms with van der Waals surface area (Å²) in [6.07, 6.45) is 8.05. The molecule has 2 aromatic rings. The molecule has 0 saturated carbocycles. The van der Waals surface area contributed by atoms with Crippen molar-refractivity contribution in [2.75, 3.05) is 19.8 Å². The van der Waals surface area contributed by atoms with Crippen LogP contribution in [0, 0.1) is 0 Å². The molecule has 0 bridgehead atoms. The van der Waals surface area contributed by atoms with E-state index in [1.165, 1.54) is 44.1 Å². The van der Waals surface area contributed by atoms with E-state index in [9.17, 15) is 0 Å². The fourth-order valence-corrected chi connectivity index (χ4v) is 2.80. The van der Waals surface area contributed by atoms with E-state index in [2.05, 4.69) is 24.4 Å². The minimum Gasteiger partial charge on any atom is -0.490 e. The Balaban J connectivity index is 1.52. The topological polar surface area (TPSA) is 30.5 Å². The van der Waals surface area contributed by atoms with Crippen LogP contribution in [0.4, 0.5) is 0 Å². The van der Waals surface area contributed by atoms with E-state index in [0.717, 1.165) is 24.6 Å². The Morgan fingerprint density at radius 3 is 2.00 bits per heavy atom. The van der Waals surface area contributed by atoms with E-state index in [1.807, 2.05) is 42.5 Å². The first-order valence-corrected chi connectivity index (χ1v) is 9.99. The highest BCUT2D eigenvalue weighted by Gasteiger charge is 1.97. The lowest BCUT2D eigenvalue weighted by molar-refractivity contribution is 0.217. The van der Waals surface area contributed by atoms with Gasteiger partial charge in [0, 0.05) is 6.54 Å². The monoisotopic (exact) mass is 355 g/mol. The Hall–Kier alpha value is -2.00. The largest absolute Gasteiger partial charge is 0.490 e. The summed E-state index contributed by atoms with van der Waals surface area (Å²) in [7, 11) is 0. The molecule has 26 heavy (non-hydrogen) atoms. The third-order valence-corrected chi connectivity index (χ3v) is 4.32. The highest BCUT2D eigenvalue weighted by atomic mass is 16.5. The molecule has 0 aromatic heterocycles. The van der Waals surface area contributed by atoms with Gasteiger partial charge in [-0.25, -0.2) is 0 Å². The van der Waals surface area contributed by atoms with E-state index in [4.69, 9.17) is 9.47 Å². The first-order chi connectivity index (χ1) is 12.9. The van der Waals surface area contributed by atoms with Gasteiger partial charge in [-0.3, -0.25) is 0 Å². The van der Waals surface area contributed by atoms with E-state index < -0.39 is 0 Å². The second kappa shape index (κ2) is 13.2. The molecule has 2 aromatic carbocycles. The average molecular weight is 356 g/mol. The number of rotatable bonds is 14. The van der Waals surface area contributed by atoms with Gasteiger partial charge in [0.1, 0.15) is 24.7 Å². The predicted octanol–water partition coefficient (Wildman–Crippen LogP) is 5.59. The van der Waals surface area contributed by atoms with Gasteiger partial charge in [0.15, 0.2) is 0 Å². The lowest BCUT2D eigenvalue weighted by Gasteiger charge is -2.09. The first-order valence-electron chi connectivity index (χ1n) is 9.99. The van der Waals surface area contributed by atoms with Gasteiger partial charge in [-0.2, -0.15) is 0 Å². The van der Waals surface area contributed by atoms with E-state index in [-0.39, 0.29) is 0 Å². The van der Waals surface area contributed by atoms with Crippen LogP contribution in [0.25, 0.3) is 0 Å². The van der Waals surface area contributed by atoms with Crippen molar-refractivity contribution in [2.24, 2.45) is 0 Å². The molecule has 2 rings (SSSR count). The van der Waals surface area contributed by atoms with Crippen molar-refractivity contribution >= 4 is 0 Å². The third-order valence-electron chi connectivity index (χ3n) is 4.32. The summed E-state index contributed by atoms with van der Waals surface area (Å²) in [5, 5.41) is 3.52. The first kappa shape index (κ1) is 20.3. The number of benzene rings is 2. The highest BCUT2D eigenvalue weighted by molar-refractivity contribution is 5.27. The van der Waals surface area contributed by atoms with Gasteiger partial charge >= 0.3 is 0 Å². The van der Waals surface area contributed by atoms with E-state index in [0.29, 0.717) is 13.2 Å². The number of ether oxygens (including phenoxy) is 2. The molecule has 0 radical (unpaired) electrons. The number of hydrogen-bond donors (Lipinski definition) is 1. The number of hydrogen-bond acceptors (Lipinski definition) is 3. The van der Waals surface area contributed by atoms with Gasteiger partial charge in [-0.15, -0.1) is 0 Å². The second-order valence-corrected chi connectivity index (χ2v) is 6.60. The van der Waals surface area contributed by atoms with E-state index >= 15 is 0 Å². The maximum atomic E-state index is 5.73. The van der Waals surface area contributed by atoms with Crippen LogP contribution in [-0.2, 0) is 6.54 Å². The molecular formula is C23H33NO2. The SMILES string of the molecule is CCCCCCCCNCc1ccc(OCCOc2ccccc2)cc1. The summed E-state index contributed by atoms with van der Waals surface area (Å²) < 4.78 is 11.4. The maximum absolute atomic E-state index is 5.73. The molecule has 0 spiro atoms. The van der Waals surface area contributed by atoms with Crippen molar-refractivity contribution in [3.8, 4) is 11.5 Å². The molecule has 0 saturated heterocycles. The quantitative estimate of drug-likeness (QED) is 0.448. The van der Waals surface area contributed by atoms with Crippen LogP contribution in [0.5, 0.6) is 11.5 Å². The van der Waals surface area contributed by atoms with Crippen LogP contribution < -0.4 is 14.8 Å². The van der Waals surface area contributed by atoms with Crippen molar-refractivity contribution in [1.29, 1.82) is 0 Å². The molecule has 0 heterocycles. The van der Waals surface area contributed by atoms with Gasteiger partial charge in [-0.1, -0.05) is 69.4 Å². The normalized spacial score (nSPS) is 10.7. The number of unbranched alkanes of at least 4 members (excludes halogenated alkanes) is 5. The van der Waals surface area contributed by atoms with Crippen molar-refractivity contribution in [2.45, 2.75) is 52.0 Å². The summed E-state index contributed by atoms with van der Waals surface area (Å²) in [6, 6.07) is 18.1. The highest BCUT2D eigenvalue weighted by Crippen LogP contribution is 2.13. The lowest BCUT2D eigenvalue weighted by atomic mass is 10.1. The molecule has 0 aliphatic carbocycles. The minimum absolute atomic E-state index is 0.546.